The molecule has 0 aliphatic heterocycles. The van der Waals surface area contributed by atoms with Crippen molar-refractivity contribution in [3.05, 3.63) is 34.7 Å². The SMILES string of the molecule is Cn1ccc(-c2nc(-c3ccc(CC(=O)O)s3)cs2)n1. The van der Waals surface area contributed by atoms with Gasteiger partial charge in [-0.15, -0.1) is 22.7 Å². The van der Waals surface area contributed by atoms with E-state index in [1.165, 1.54) is 22.7 Å². The maximum Gasteiger partial charge on any atom is 0.308 e. The van der Waals surface area contributed by atoms with Gasteiger partial charge in [0, 0.05) is 23.5 Å². The molecule has 7 heteroatoms. The zero-order valence-electron chi connectivity index (χ0n) is 10.6. The minimum absolute atomic E-state index is 0.0574. The summed E-state index contributed by atoms with van der Waals surface area (Å²) in [6.07, 6.45) is 1.94. The summed E-state index contributed by atoms with van der Waals surface area (Å²) in [6, 6.07) is 5.68. The molecule has 0 aliphatic carbocycles. The first-order chi connectivity index (χ1) is 9.61. The van der Waals surface area contributed by atoms with Crippen LogP contribution in [-0.4, -0.2) is 25.8 Å². The summed E-state index contributed by atoms with van der Waals surface area (Å²) in [5, 5.41) is 15.9. The lowest BCUT2D eigenvalue weighted by atomic mass is 10.3. The molecule has 5 nitrogen and oxygen atoms in total. The van der Waals surface area contributed by atoms with E-state index in [4.69, 9.17) is 5.11 Å². The average Bonchev–Trinajstić information content (AvgIpc) is 3.06. The number of aliphatic carboxylic acids is 1. The second kappa shape index (κ2) is 5.18. The normalized spacial score (nSPS) is 10.8. The maximum atomic E-state index is 10.7. The van der Waals surface area contributed by atoms with Crippen molar-refractivity contribution in [2.24, 2.45) is 7.05 Å². The van der Waals surface area contributed by atoms with Crippen molar-refractivity contribution in [3.63, 3.8) is 0 Å². The van der Waals surface area contributed by atoms with Gasteiger partial charge in [-0.3, -0.25) is 9.48 Å². The van der Waals surface area contributed by atoms with E-state index in [0.717, 1.165) is 26.1 Å². The van der Waals surface area contributed by atoms with Crippen molar-refractivity contribution in [2.45, 2.75) is 6.42 Å². The molecule has 0 bridgehead atoms. The molecule has 3 heterocycles. The number of thiophene rings is 1. The van der Waals surface area contributed by atoms with Crippen LogP contribution < -0.4 is 0 Å². The van der Waals surface area contributed by atoms with Gasteiger partial charge in [0.25, 0.3) is 0 Å². The Kier molecular flexibility index (Phi) is 3.37. The third-order valence-electron chi connectivity index (χ3n) is 2.68. The summed E-state index contributed by atoms with van der Waals surface area (Å²) in [6.45, 7) is 0. The van der Waals surface area contributed by atoms with Crippen LogP contribution in [0.3, 0.4) is 0 Å². The highest BCUT2D eigenvalue weighted by Crippen LogP contribution is 2.32. The summed E-state index contributed by atoms with van der Waals surface area (Å²) < 4.78 is 1.74. The number of thiazole rings is 1. The van der Waals surface area contributed by atoms with Gasteiger partial charge in [-0.05, 0) is 18.2 Å². The van der Waals surface area contributed by atoms with Gasteiger partial charge in [-0.25, -0.2) is 4.98 Å². The Hall–Kier alpha value is -1.99. The third kappa shape index (κ3) is 2.63. The molecule has 20 heavy (non-hydrogen) atoms. The fourth-order valence-corrected chi connectivity index (χ4v) is 3.61. The molecule has 0 radical (unpaired) electrons. The first kappa shape index (κ1) is 13.0. The number of aromatic nitrogens is 3. The van der Waals surface area contributed by atoms with E-state index in [2.05, 4.69) is 10.1 Å². The van der Waals surface area contributed by atoms with Gasteiger partial charge < -0.3 is 5.11 Å². The Morgan fingerprint density at radius 2 is 2.20 bits per heavy atom. The lowest BCUT2D eigenvalue weighted by molar-refractivity contribution is -0.136. The van der Waals surface area contributed by atoms with E-state index >= 15 is 0 Å². The lowest BCUT2D eigenvalue weighted by Crippen LogP contribution is -1.96. The number of rotatable bonds is 4. The van der Waals surface area contributed by atoms with E-state index in [0.29, 0.717) is 0 Å². The van der Waals surface area contributed by atoms with Crippen molar-refractivity contribution in [1.82, 2.24) is 14.8 Å². The summed E-state index contributed by atoms with van der Waals surface area (Å²) in [5.41, 5.74) is 1.73. The Morgan fingerprint density at radius 3 is 2.90 bits per heavy atom. The monoisotopic (exact) mass is 305 g/mol. The molecule has 0 atom stereocenters. The molecule has 0 unspecified atom stereocenters. The molecule has 102 valence electrons. The smallest absolute Gasteiger partial charge is 0.308 e. The van der Waals surface area contributed by atoms with Gasteiger partial charge in [0.2, 0.25) is 0 Å². The van der Waals surface area contributed by atoms with E-state index < -0.39 is 5.97 Å². The van der Waals surface area contributed by atoms with Crippen molar-refractivity contribution >= 4 is 28.6 Å². The number of carboxylic acid groups (broad SMARTS) is 1. The molecular formula is C13H11N3O2S2. The van der Waals surface area contributed by atoms with Crippen LogP contribution >= 0.6 is 22.7 Å². The topological polar surface area (TPSA) is 68.0 Å². The van der Waals surface area contributed by atoms with Gasteiger partial charge in [0.05, 0.1) is 17.0 Å². The highest BCUT2D eigenvalue weighted by molar-refractivity contribution is 7.16. The first-order valence-electron chi connectivity index (χ1n) is 5.88. The molecule has 0 aromatic carbocycles. The summed E-state index contributed by atoms with van der Waals surface area (Å²) in [5.74, 6) is -0.814. The van der Waals surface area contributed by atoms with E-state index in [9.17, 15) is 4.79 Å². The maximum absolute atomic E-state index is 10.7. The second-order valence-electron chi connectivity index (χ2n) is 4.25. The standard InChI is InChI=1S/C13H11N3O2S2/c1-16-5-4-9(15-16)13-14-10(7-19-13)11-3-2-8(20-11)6-12(17)18/h2-5,7H,6H2,1H3,(H,17,18). The Balaban J connectivity index is 1.86. The predicted octanol–water partition coefficient (Wildman–Crippen LogP) is 2.90. The van der Waals surface area contributed by atoms with Gasteiger partial charge in [0.15, 0.2) is 0 Å². The average molecular weight is 305 g/mol. The van der Waals surface area contributed by atoms with Crippen molar-refractivity contribution in [3.8, 4) is 21.3 Å². The largest absolute Gasteiger partial charge is 0.481 e. The van der Waals surface area contributed by atoms with Crippen LogP contribution in [0.4, 0.5) is 0 Å². The van der Waals surface area contributed by atoms with Crippen LogP contribution in [0.1, 0.15) is 4.88 Å². The molecule has 0 aliphatic rings. The predicted molar refractivity (Wildman–Crippen MR) is 79.0 cm³/mol. The molecule has 3 rings (SSSR count). The van der Waals surface area contributed by atoms with Crippen LogP contribution in [0.5, 0.6) is 0 Å². The molecule has 1 N–H and O–H groups in total. The molecule has 0 saturated heterocycles. The van der Waals surface area contributed by atoms with Gasteiger partial charge in [0.1, 0.15) is 10.7 Å². The third-order valence-corrected chi connectivity index (χ3v) is 4.65. The molecule has 0 fully saturated rings. The van der Waals surface area contributed by atoms with Crippen LogP contribution in [0.2, 0.25) is 0 Å². The highest BCUT2D eigenvalue weighted by Gasteiger charge is 2.11. The zero-order valence-corrected chi connectivity index (χ0v) is 12.2. The van der Waals surface area contributed by atoms with Crippen LogP contribution in [0, 0.1) is 0 Å². The summed E-state index contributed by atoms with van der Waals surface area (Å²) in [4.78, 5) is 17.1. The van der Waals surface area contributed by atoms with E-state index in [1.54, 1.807) is 4.68 Å². The minimum Gasteiger partial charge on any atom is -0.481 e. The number of hydrogen-bond donors (Lipinski definition) is 1. The van der Waals surface area contributed by atoms with Gasteiger partial charge in [-0.1, -0.05) is 0 Å². The minimum atomic E-state index is -0.814. The van der Waals surface area contributed by atoms with Crippen LogP contribution in [-0.2, 0) is 18.3 Å². The van der Waals surface area contributed by atoms with E-state index in [1.807, 2.05) is 36.8 Å². The van der Waals surface area contributed by atoms with Gasteiger partial charge >= 0.3 is 5.97 Å². The first-order valence-corrected chi connectivity index (χ1v) is 7.58. The van der Waals surface area contributed by atoms with Crippen molar-refractivity contribution in [2.75, 3.05) is 0 Å². The Bertz CT molecular complexity index is 757. The molecule has 3 aromatic heterocycles. The number of nitrogens with zero attached hydrogens (tertiary/aromatic N) is 3. The Morgan fingerprint density at radius 1 is 1.35 bits per heavy atom. The quantitative estimate of drug-likeness (QED) is 0.804. The van der Waals surface area contributed by atoms with Crippen molar-refractivity contribution < 1.29 is 9.90 Å². The number of carboxylic acids is 1. The lowest BCUT2D eigenvalue weighted by Gasteiger charge is -1.90. The second-order valence-corrected chi connectivity index (χ2v) is 6.28. The molecule has 3 aromatic rings. The number of hydrogen-bond acceptors (Lipinski definition) is 5. The highest BCUT2D eigenvalue weighted by atomic mass is 32.1. The van der Waals surface area contributed by atoms with E-state index in [-0.39, 0.29) is 6.42 Å². The summed E-state index contributed by atoms with van der Waals surface area (Å²) in [7, 11) is 1.87. The number of carbonyl (C=O) groups is 1. The van der Waals surface area contributed by atoms with Crippen LogP contribution in [0.15, 0.2) is 29.8 Å². The van der Waals surface area contributed by atoms with Crippen LogP contribution in [0.25, 0.3) is 21.3 Å². The fraction of sp³-hybridized carbons (Fsp3) is 0.154. The Labute approximate surface area is 123 Å². The molecule has 0 amide bonds. The zero-order chi connectivity index (χ0) is 14.1. The summed E-state index contributed by atoms with van der Waals surface area (Å²) >= 11 is 3.00. The van der Waals surface area contributed by atoms with Gasteiger partial charge in [-0.2, -0.15) is 5.10 Å². The molecule has 0 saturated carbocycles. The van der Waals surface area contributed by atoms with Crippen molar-refractivity contribution in [1.29, 1.82) is 0 Å². The molecular weight excluding hydrogens is 294 g/mol. The fourth-order valence-electron chi connectivity index (χ4n) is 1.79. The molecule has 0 spiro atoms. The number of aryl methyl sites for hydroxylation is 1.